The molecule has 5 atom stereocenters. The minimum atomic E-state index is -0.623. The van der Waals surface area contributed by atoms with Crippen molar-refractivity contribution < 1.29 is 14.2 Å². The van der Waals surface area contributed by atoms with E-state index in [1.807, 2.05) is 6.92 Å². The number of nitrogens with zero attached hydrogens (tertiary/aromatic N) is 1. The topological polar surface area (TPSA) is 82.6 Å². The van der Waals surface area contributed by atoms with Gasteiger partial charge in [-0.15, -0.1) is 6.58 Å². The minimum Gasteiger partial charge on any atom is -0.375 e. The Morgan fingerprint density at radius 3 is 2.87 bits per heavy atom. The zero-order chi connectivity index (χ0) is 16.8. The maximum absolute atomic E-state index is 12.2. The lowest BCUT2D eigenvalue weighted by Crippen LogP contribution is -2.48. The van der Waals surface area contributed by atoms with Gasteiger partial charge >= 0.3 is 5.69 Å². The summed E-state index contributed by atoms with van der Waals surface area (Å²) in [6, 6.07) is 0. The van der Waals surface area contributed by atoms with Crippen LogP contribution in [0.15, 0.2) is 28.4 Å². The molecule has 2 aliphatic rings. The normalized spacial score (nSPS) is 35.6. The summed E-state index contributed by atoms with van der Waals surface area (Å²) in [6.07, 6.45) is 3.18. The number of methoxy groups -OCH3 is 1. The molecule has 126 valence electrons. The van der Waals surface area contributed by atoms with E-state index < -0.39 is 29.2 Å². The van der Waals surface area contributed by atoms with Gasteiger partial charge < -0.3 is 14.2 Å². The van der Waals surface area contributed by atoms with Gasteiger partial charge in [-0.05, 0) is 19.8 Å². The first-order valence-corrected chi connectivity index (χ1v) is 7.77. The van der Waals surface area contributed by atoms with Crippen LogP contribution in [0.1, 0.15) is 31.6 Å². The van der Waals surface area contributed by atoms with Crippen molar-refractivity contribution in [1.29, 1.82) is 0 Å². The molecule has 2 bridgehead atoms. The number of fused-ring (bicyclic) bond motifs is 2. The van der Waals surface area contributed by atoms with Gasteiger partial charge in [0.15, 0.2) is 6.23 Å². The highest BCUT2D eigenvalue weighted by Gasteiger charge is 2.66. The third-order valence-electron chi connectivity index (χ3n) is 4.87. The lowest BCUT2D eigenvalue weighted by molar-refractivity contribution is -0.212. The van der Waals surface area contributed by atoms with E-state index >= 15 is 0 Å². The summed E-state index contributed by atoms with van der Waals surface area (Å²) < 4.78 is 19.4. The fourth-order valence-electron chi connectivity index (χ4n) is 3.73. The number of aryl methyl sites for hydroxylation is 1. The van der Waals surface area contributed by atoms with Crippen LogP contribution in [-0.2, 0) is 14.2 Å². The third kappa shape index (κ3) is 2.22. The van der Waals surface area contributed by atoms with Crippen molar-refractivity contribution in [2.45, 2.75) is 56.8 Å². The molecule has 1 aromatic rings. The molecule has 23 heavy (non-hydrogen) atoms. The molecule has 2 aliphatic heterocycles. The van der Waals surface area contributed by atoms with E-state index in [4.69, 9.17) is 14.2 Å². The number of nitrogens with one attached hydrogen (secondary N) is 1. The van der Waals surface area contributed by atoms with Gasteiger partial charge in [-0.2, -0.15) is 0 Å². The second-order valence-corrected chi connectivity index (χ2v) is 6.07. The largest absolute Gasteiger partial charge is 0.375 e. The molecular formula is C16H22N2O5. The molecule has 2 fully saturated rings. The smallest absolute Gasteiger partial charge is 0.330 e. The second-order valence-electron chi connectivity index (χ2n) is 6.07. The molecule has 0 radical (unpaired) electrons. The molecule has 0 saturated carbocycles. The number of aromatic nitrogens is 2. The Morgan fingerprint density at radius 2 is 2.26 bits per heavy atom. The molecule has 0 spiro atoms. The Kier molecular flexibility index (Phi) is 4.03. The van der Waals surface area contributed by atoms with Gasteiger partial charge in [0.2, 0.25) is 0 Å². The summed E-state index contributed by atoms with van der Waals surface area (Å²) in [5.41, 5.74) is -1.09. The summed E-state index contributed by atoms with van der Waals surface area (Å²) in [4.78, 5) is 26.0. The van der Waals surface area contributed by atoms with Crippen molar-refractivity contribution in [1.82, 2.24) is 9.55 Å². The molecule has 3 rings (SSSR count). The predicted molar refractivity (Wildman–Crippen MR) is 83.5 cm³/mol. The first-order valence-electron chi connectivity index (χ1n) is 7.77. The monoisotopic (exact) mass is 322 g/mol. The molecule has 0 aromatic carbocycles. The molecule has 0 unspecified atom stereocenters. The summed E-state index contributed by atoms with van der Waals surface area (Å²) >= 11 is 0. The number of H-pyrrole nitrogens is 1. The van der Waals surface area contributed by atoms with Crippen LogP contribution in [0.25, 0.3) is 0 Å². The highest BCUT2D eigenvalue weighted by molar-refractivity contribution is 5.14. The highest BCUT2D eigenvalue weighted by atomic mass is 16.7. The quantitative estimate of drug-likeness (QED) is 0.814. The fourth-order valence-corrected chi connectivity index (χ4v) is 3.73. The Balaban J connectivity index is 2.03. The van der Waals surface area contributed by atoms with Gasteiger partial charge in [-0.25, -0.2) is 4.79 Å². The van der Waals surface area contributed by atoms with Crippen molar-refractivity contribution in [2.75, 3.05) is 7.11 Å². The van der Waals surface area contributed by atoms with Gasteiger partial charge in [-0.3, -0.25) is 14.3 Å². The van der Waals surface area contributed by atoms with Crippen LogP contribution in [0.2, 0.25) is 0 Å². The predicted octanol–water partition coefficient (Wildman–Crippen LogP) is 0.881. The van der Waals surface area contributed by atoms with Crippen LogP contribution in [-0.4, -0.2) is 40.6 Å². The van der Waals surface area contributed by atoms with E-state index in [0.717, 1.165) is 0 Å². The van der Waals surface area contributed by atoms with Crippen LogP contribution in [0.3, 0.4) is 0 Å². The fraction of sp³-hybridized carbons (Fsp3) is 0.625. The maximum Gasteiger partial charge on any atom is 0.330 e. The zero-order valence-corrected chi connectivity index (χ0v) is 13.6. The Labute approximate surface area is 133 Å². The summed E-state index contributed by atoms with van der Waals surface area (Å²) in [7, 11) is 1.62. The lowest BCUT2D eigenvalue weighted by atomic mass is 9.88. The molecule has 3 heterocycles. The van der Waals surface area contributed by atoms with Gasteiger partial charge in [0.05, 0.1) is 6.10 Å². The van der Waals surface area contributed by atoms with Crippen molar-refractivity contribution in [3.8, 4) is 0 Å². The lowest BCUT2D eigenvalue weighted by Gasteiger charge is -2.37. The number of rotatable bonds is 5. The van der Waals surface area contributed by atoms with E-state index in [9.17, 15) is 9.59 Å². The van der Waals surface area contributed by atoms with Gasteiger partial charge in [0, 0.05) is 18.9 Å². The van der Waals surface area contributed by atoms with E-state index in [1.165, 1.54) is 10.8 Å². The Morgan fingerprint density at radius 1 is 1.52 bits per heavy atom. The molecule has 0 amide bonds. The van der Waals surface area contributed by atoms with E-state index in [-0.39, 0.29) is 12.2 Å². The number of hydrogen-bond acceptors (Lipinski definition) is 5. The summed E-state index contributed by atoms with van der Waals surface area (Å²) in [5.74, 6) is 0. The van der Waals surface area contributed by atoms with Crippen LogP contribution >= 0.6 is 0 Å². The van der Waals surface area contributed by atoms with E-state index in [1.54, 1.807) is 20.1 Å². The maximum atomic E-state index is 12.2. The Bertz CT molecular complexity index is 724. The van der Waals surface area contributed by atoms with E-state index in [0.29, 0.717) is 18.4 Å². The first-order chi connectivity index (χ1) is 11.0. The number of aromatic amines is 1. The molecule has 1 N–H and O–H groups in total. The van der Waals surface area contributed by atoms with Crippen molar-refractivity contribution >= 4 is 0 Å². The molecule has 7 nitrogen and oxygen atoms in total. The average molecular weight is 322 g/mol. The first kappa shape index (κ1) is 16.2. The number of hydrogen-bond donors (Lipinski definition) is 1. The summed E-state index contributed by atoms with van der Waals surface area (Å²) in [6.45, 7) is 7.42. The van der Waals surface area contributed by atoms with Crippen LogP contribution < -0.4 is 11.2 Å². The standard InChI is InChI=1S/C16H22N2O5/c1-5-7-10-16(6-2)12(21-4)11(22-10)14(23-16)18-8-9(3)13(19)17-15(18)20/h5,8,10-12,14H,1,6-7H2,2-4H3,(H,17,19,20)/t10-,11-,12+,14-,16+/m1/s1. The highest BCUT2D eigenvalue weighted by Crippen LogP contribution is 2.52. The van der Waals surface area contributed by atoms with Crippen LogP contribution in [0, 0.1) is 6.92 Å². The summed E-state index contributed by atoms with van der Waals surface area (Å²) in [5, 5.41) is 0. The number of ether oxygens (including phenoxy) is 3. The zero-order valence-electron chi connectivity index (χ0n) is 13.6. The van der Waals surface area contributed by atoms with Crippen LogP contribution in [0.4, 0.5) is 0 Å². The SMILES string of the molecule is C=CC[C@H]1O[C@H]2[C@H](n3cc(C)c(=O)[nH]c3=O)O[C@]1(CC)[C@H]2OC. The minimum absolute atomic E-state index is 0.157. The molecule has 1 aromatic heterocycles. The average Bonchev–Trinajstić information content (AvgIpc) is 3.00. The second kappa shape index (κ2) is 5.74. The molecule has 7 heteroatoms. The Hall–Kier alpha value is -1.70. The van der Waals surface area contributed by atoms with Gasteiger partial charge in [-0.1, -0.05) is 13.0 Å². The van der Waals surface area contributed by atoms with Gasteiger partial charge in [0.1, 0.15) is 17.8 Å². The van der Waals surface area contributed by atoms with Crippen LogP contribution in [0.5, 0.6) is 0 Å². The third-order valence-corrected chi connectivity index (χ3v) is 4.87. The molecule has 2 saturated heterocycles. The van der Waals surface area contributed by atoms with Crippen molar-refractivity contribution in [3.05, 3.63) is 45.3 Å². The van der Waals surface area contributed by atoms with Crippen molar-refractivity contribution in [2.24, 2.45) is 0 Å². The van der Waals surface area contributed by atoms with E-state index in [2.05, 4.69) is 11.6 Å². The van der Waals surface area contributed by atoms with Crippen molar-refractivity contribution in [3.63, 3.8) is 0 Å². The van der Waals surface area contributed by atoms with Gasteiger partial charge in [0.25, 0.3) is 5.56 Å². The molecular weight excluding hydrogens is 300 g/mol. The molecule has 0 aliphatic carbocycles.